The number of hydrogen-bond acceptors (Lipinski definition) is 1. The van der Waals surface area contributed by atoms with E-state index in [-0.39, 0.29) is 6.42 Å². The number of carboxylic acids is 1. The Morgan fingerprint density at radius 2 is 1.87 bits per heavy atom. The van der Waals surface area contributed by atoms with Gasteiger partial charge in [-0.1, -0.05) is 85.5 Å². The van der Waals surface area contributed by atoms with Crippen LogP contribution in [0, 0.1) is 0 Å². The van der Waals surface area contributed by atoms with Gasteiger partial charge < -0.3 is 5.11 Å². The number of hydrogen-bond donors (Lipinski definition) is 1. The summed E-state index contributed by atoms with van der Waals surface area (Å²) in [6.07, 6.45) is 8.56. The molecule has 0 fully saturated rings. The van der Waals surface area contributed by atoms with E-state index in [0.29, 0.717) is 6.42 Å². The van der Waals surface area contributed by atoms with Crippen LogP contribution in [0.5, 0.6) is 0 Å². The molecule has 0 saturated heterocycles. The zero-order valence-electron chi connectivity index (χ0n) is 13.0. The van der Waals surface area contributed by atoms with Crippen LogP contribution in [0.25, 0.3) is 11.6 Å². The van der Waals surface area contributed by atoms with Crippen molar-refractivity contribution in [1.82, 2.24) is 0 Å². The summed E-state index contributed by atoms with van der Waals surface area (Å²) in [4.78, 5) is 10.6. The Hall–Kier alpha value is -2.87. The van der Waals surface area contributed by atoms with Crippen molar-refractivity contribution in [3.63, 3.8) is 0 Å². The van der Waals surface area contributed by atoms with Crippen molar-refractivity contribution in [2.45, 2.75) is 12.8 Å². The third-order valence-corrected chi connectivity index (χ3v) is 3.47. The molecule has 0 heterocycles. The lowest BCUT2D eigenvalue weighted by Crippen LogP contribution is -1.97. The lowest BCUT2D eigenvalue weighted by Gasteiger charge is -2.01. The molecule has 0 bridgehead atoms. The quantitative estimate of drug-likeness (QED) is 0.732. The summed E-state index contributed by atoms with van der Waals surface area (Å²) in [5.74, 6) is -0.771. The highest BCUT2D eigenvalue weighted by Crippen LogP contribution is 2.16. The first kappa shape index (κ1) is 16.5. The van der Waals surface area contributed by atoms with Gasteiger partial charge in [0.15, 0.2) is 0 Å². The largest absolute Gasteiger partial charge is 0.481 e. The van der Waals surface area contributed by atoms with Crippen LogP contribution in [0.1, 0.15) is 23.1 Å². The summed E-state index contributed by atoms with van der Waals surface area (Å²) >= 11 is 0. The summed E-state index contributed by atoms with van der Waals surface area (Å²) in [5.41, 5.74) is 4.28. The molecule has 2 nitrogen and oxygen atoms in total. The van der Waals surface area contributed by atoms with E-state index < -0.39 is 5.97 Å². The SMILES string of the molecule is C=CC(=CC=Cc1cccc(CCC(=O)O)c1)c1ccccc1. The van der Waals surface area contributed by atoms with E-state index in [1.807, 2.05) is 78.9 Å². The van der Waals surface area contributed by atoms with Crippen LogP contribution >= 0.6 is 0 Å². The summed E-state index contributed by atoms with van der Waals surface area (Å²) in [7, 11) is 0. The highest BCUT2D eigenvalue weighted by molar-refractivity contribution is 5.75. The van der Waals surface area contributed by atoms with E-state index in [1.165, 1.54) is 0 Å². The monoisotopic (exact) mass is 304 g/mol. The van der Waals surface area contributed by atoms with E-state index in [2.05, 4.69) is 6.58 Å². The summed E-state index contributed by atoms with van der Waals surface area (Å²) < 4.78 is 0. The molecule has 2 heteroatoms. The molecule has 0 saturated carbocycles. The van der Waals surface area contributed by atoms with Gasteiger partial charge in [-0.15, -0.1) is 0 Å². The van der Waals surface area contributed by atoms with Gasteiger partial charge in [0.2, 0.25) is 0 Å². The Labute approximate surface area is 137 Å². The van der Waals surface area contributed by atoms with Crippen LogP contribution < -0.4 is 0 Å². The van der Waals surface area contributed by atoms with Gasteiger partial charge in [0.05, 0.1) is 0 Å². The Morgan fingerprint density at radius 1 is 1.09 bits per heavy atom. The Bertz CT molecular complexity index is 725. The molecule has 2 aromatic rings. The van der Waals surface area contributed by atoms with E-state index in [0.717, 1.165) is 22.3 Å². The second-order valence-corrected chi connectivity index (χ2v) is 5.19. The molecule has 0 radical (unpaired) electrons. The summed E-state index contributed by atoms with van der Waals surface area (Å²) in [6, 6.07) is 18.0. The number of aryl methyl sites for hydroxylation is 1. The molecule has 23 heavy (non-hydrogen) atoms. The maximum Gasteiger partial charge on any atom is 0.303 e. The fraction of sp³-hybridized carbons (Fsp3) is 0.0952. The van der Waals surface area contributed by atoms with Gasteiger partial charge >= 0.3 is 5.97 Å². The summed E-state index contributed by atoms with van der Waals surface area (Å²) in [6.45, 7) is 3.86. The minimum absolute atomic E-state index is 0.154. The topological polar surface area (TPSA) is 37.3 Å². The molecule has 0 spiro atoms. The molecular formula is C21H20O2. The number of rotatable bonds is 7. The molecule has 0 atom stereocenters. The maximum atomic E-state index is 10.6. The van der Waals surface area contributed by atoms with Crippen LogP contribution in [-0.4, -0.2) is 11.1 Å². The van der Waals surface area contributed by atoms with Crippen LogP contribution in [0.2, 0.25) is 0 Å². The first-order valence-electron chi connectivity index (χ1n) is 7.56. The summed E-state index contributed by atoms with van der Waals surface area (Å²) in [5, 5.41) is 8.75. The third-order valence-electron chi connectivity index (χ3n) is 3.47. The zero-order chi connectivity index (χ0) is 16.5. The molecule has 0 aromatic heterocycles. The molecule has 2 aromatic carbocycles. The highest BCUT2D eigenvalue weighted by Gasteiger charge is 1.99. The smallest absolute Gasteiger partial charge is 0.303 e. The lowest BCUT2D eigenvalue weighted by molar-refractivity contribution is -0.136. The van der Waals surface area contributed by atoms with Crippen molar-refractivity contribution in [2.24, 2.45) is 0 Å². The van der Waals surface area contributed by atoms with Crippen molar-refractivity contribution < 1.29 is 9.90 Å². The fourth-order valence-corrected chi connectivity index (χ4v) is 2.28. The molecule has 0 aliphatic rings. The molecular weight excluding hydrogens is 284 g/mol. The van der Waals surface area contributed by atoms with Crippen LogP contribution in [0.15, 0.2) is 79.4 Å². The van der Waals surface area contributed by atoms with E-state index in [9.17, 15) is 4.79 Å². The van der Waals surface area contributed by atoms with Gasteiger partial charge in [-0.2, -0.15) is 0 Å². The number of allylic oxidation sites excluding steroid dienone is 4. The second-order valence-electron chi connectivity index (χ2n) is 5.19. The number of carbonyl (C=O) groups is 1. The zero-order valence-corrected chi connectivity index (χ0v) is 13.0. The van der Waals surface area contributed by atoms with Gasteiger partial charge in [-0.05, 0) is 28.7 Å². The molecule has 1 N–H and O–H groups in total. The molecule has 116 valence electrons. The first-order chi connectivity index (χ1) is 11.2. The molecule has 2 rings (SSSR count). The van der Waals surface area contributed by atoms with Crippen molar-refractivity contribution in [1.29, 1.82) is 0 Å². The Kier molecular flexibility index (Phi) is 6.13. The number of carboxylic acid groups (broad SMARTS) is 1. The van der Waals surface area contributed by atoms with Gasteiger partial charge in [-0.3, -0.25) is 4.79 Å². The minimum Gasteiger partial charge on any atom is -0.481 e. The first-order valence-corrected chi connectivity index (χ1v) is 7.56. The lowest BCUT2D eigenvalue weighted by atomic mass is 10.0. The van der Waals surface area contributed by atoms with E-state index in [4.69, 9.17) is 5.11 Å². The van der Waals surface area contributed by atoms with Crippen molar-refractivity contribution in [3.05, 3.63) is 96.1 Å². The van der Waals surface area contributed by atoms with E-state index in [1.54, 1.807) is 0 Å². The highest BCUT2D eigenvalue weighted by atomic mass is 16.4. The minimum atomic E-state index is -0.771. The predicted octanol–water partition coefficient (Wildman–Crippen LogP) is 4.99. The fourth-order valence-electron chi connectivity index (χ4n) is 2.28. The molecule has 0 unspecified atom stereocenters. The molecule has 0 amide bonds. The van der Waals surface area contributed by atoms with Gasteiger partial charge in [0.1, 0.15) is 0 Å². The van der Waals surface area contributed by atoms with Crippen molar-refractivity contribution in [3.8, 4) is 0 Å². The third kappa shape index (κ3) is 5.44. The standard InChI is InChI=1S/C21H20O2/c1-2-19(20-11-4-3-5-12-20)13-7-10-17-8-6-9-18(16-17)14-15-21(22)23/h2-13,16H,1,14-15H2,(H,22,23). The Morgan fingerprint density at radius 3 is 2.57 bits per heavy atom. The van der Waals surface area contributed by atoms with Crippen LogP contribution in [0.3, 0.4) is 0 Å². The average Bonchev–Trinajstić information content (AvgIpc) is 2.58. The molecule has 0 aliphatic carbocycles. The second kappa shape index (κ2) is 8.54. The van der Waals surface area contributed by atoms with Crippen molar-refractivity contribution in [2.75, 3.05) is 0 Å². The number of aliphatic carboxylic acids is 1. The van der Waals surface area contributed by atoms with Gasteiger partial charge in [-0.25, -0.2) is 0 Å². The van der Waals surface area contributed by atoms with Gasteiger partial charge in [0, 0.05) is 6.42 Å². The predicted molar refractivity (Wildman–Crippen MR) is 96.0 cm³/mol. The van der Waals surface area contributed by atoms with Gasteiger partial charge in [0.25, 0.3) is 0 Å². The van der Waals surface area contributed by atoms with Crippen LogP contribution in [-0.2, 0) is 11.2 Å². The number of benzene rings is 2. The normalized spacial score (nSPS) is 11.6. The van der Waals surface area contributed by atoms with Crippen molar-refractivity contribution >= 4 is 17.6 Å². The maximum absolute atomic E-state index is 10.6. The van der Waals surface area contributed by atoms with Crippen LogP contribution in [0.4, 0.5) is 0 Å². The average molecular weight is 304 g/mol. The Balaban J connectivity index is 2.10. The van der Waals surface area contributed by atoms with E-state index >= 15 is 0 Å². The molecule has 0 aliphatic heterocycles.